The fourth-order valence-electron chi connectivity index (χ4n) is 3.50. The van der Waals surface area contributed by atoms with Crippen molar-refractivity contribution in [2.24, 2.45) is 0 Å². The van der Waals surface area contributed by atoms with Gasteiger partial charge in [0.25, 0.3) is 5.91 Å². The van der Waals surface area contributed by atoms with Crippen LogP contribution in [0.3, 0.4) is 0 Å². The molecule has 3 aromatic rings. The summed E-state index contributed by atoms with van der Waals surface area (Å²) in [6.45, 7) is -2.31. The molecule has 9 heteroatoms. The van der Waals surface area contributed by atoms with Crippen molar-refractivity contribution in [3.05, 3.63) is 59.7 Å². The zero-order valence-electron chi connectivity index (χ0n) is 15.9. The number of halogens is 3. The molecular formula is C21H19F3N4O2. The molecule has 1 aliphatic rings. The number of aryl methyl sites for hydroxylation is 1. The molecule has 30 heavy (non-hydrogen) atoms. The van der Waals surface area contributed by atoms with Crippen LogP contribution in [0.2, 0.25) is 0 Å². The van der Waals surface area contributed by atoms with E-state index < -0.39 is 18.3 Å². The third kappa shape index (κ3) is 4.14. The summed E-state index contributed by atoms with van der Waals surface area (Å²) >= 11 is 0. The van der Waals surface area contributed by atoms with Gasteiger partial charge in [-0.25, -0.2) is 4.39 Å². The number of benzene rings is 2. The maximum Gasteiger partial charge on any atom is 0.387 e. The summed E-state index contributed by atoms with van der Waals surface area (Å²) in [4.78, 5) is 12.6. The van der Waals surface area contributed by atoms with Gasteiger partial charge in [-0.1, -0.05) is 18.6 Å². The number of nitrogens with zero attached hydrogens (tertiary/aromatic N) is 3. The molecule has 156 valence electrons. The summed E-state index contributed by atoms with van der Waals surface area (Å²) in [6, 6.07) is 9.81. The first kappa shape index (κ1) is 19.9. The minimum atomic E-state index is -3.08. The van der Waals surface area contributed by atoms with Crippen molar-refractivity contribution in [2.45, 2.75) is 38.8 Å². The number of hydrogen-bond acceptors (Lipinski definition) is 4. The first-order valence-corrected chi connectivity index (χ1v) is 9.60. The topological polar surface area (TPSA) is 69.0 Å². The van der Waals surface area contributed by atoms with Crippen LogP contribution in [-0.2, 0) is 13.0 Å². The number of anilines is 1. The molecular weight excluding hydrogens is 397 g/mol. The van der Waals surface area contributed by atoms with E-state index in [2.05, 4.69) is 20.3 Å². The highest BCUT2D eigenvalue weighted by Gasteiger charge is 2.20. The van der Waals surface area contributed by atoms with Crippen molar-refractivity contribution in [3.8, 4) is 17.1 Å². The smallest absolute Gasteiger partial charge is 0.387 e. The number of alkyl halides is 2. The van der Waals surface area contributed by atoms with Crippen LogP contribution in [0, 0.1) is 5.82 Å². The van der Waals surface area contributed by atoms with Crippen molar-refractivity contribution in [2.75, 3.05) is 5.32 Å². The zero-order valence-corrected chi connectivity index (χ0v) is 15.9. The Labute approximate surface area is 170 Å². The first-order valence-electron chi connectivity index (χ1n) is 9.60. The van der Waals surface area contributed by atoms with Crippen LogP contribution in [0.5, 0.6) is 5.75 Å². The monoisotopic (exact) mass is 416 g/mol. The highest BCUT2D eigenvalue weighted by molar-refractivity contribution is 6.06. The van der Waals surface area contributed by atoms with Gasteiger partial charge < -0.3 is 14.6 Å². The summed E-state index contributed by atoms with van der Waals surface area (Å²) in [5, 5.41) is 10.9. The lowest BCUT2D eigenvalue weighted by molar-refractivity contribution is -0.0501. The number of carbonyl (C=O) groups is 1. The average molecular weight is 416 g/mol. The number of hydrogen-bond donors (Lipinski definition) is 1. The van der Waals surface area contributed by atoms with E-state index in [1.807, 2.05) is 4.57 Å². The lowest BCUT2D eigenvalue weighted by Gasteiger charge is -2.12. The summed E-state index contributed by atoms with van der Waals surface area (Å²) < 4.78 is 46.0. The minimum Gasteiger partial charge on any atom is -0.434 e. The highest BCUT2D eigenvalue weighted by Crippen LogP contribution is 2.28. The van der Waals surface area contributed by atoms with Crippen molar-refractivity contribution < 1.29 is 22.7 Å². The predicted octanol–water partition coefficient (Wildman–Crippen LogP) is 4.66. The van der Waals surface area contributed by atoms with E-state index in [9.17, 15) is 18.0 Å². The van der Waals surface area contributed by atoms with Crippen LogP contribution >= 0.6 is 0 Å². The van der Waals surface area contributed by atoms with Gasteiger partial charge >= 0.3 is 6.61 Å². The standard InChI is InChI=1S/C21H19F3N4O2/c22-15-10-9-13(19-27-26-18-8-2-1-5-11-28(18)19)12-16(15)25-20(29)14-6-3-4-7-17(14)30-21(23)24/h3-4,6-7,9-10,12,21H,1-2,5,8,11H2,(H,25,29). The van der Waals surface area contributed by atoms with Crippen LogP contribution in [0.15, 0.2) is 42.5 Å². The van der Waals surface area contributed by atoms with Crippen LogP contribution in [0.1, 0.15) is 35.4 Å². The van der Waals surface area contributed by atoms with Gasteiger partial charge in [-0.3, -0.25) is 4.79 Å². The Balaban J connectivity index is 1.63. The molecule has 1 aromatic heterocycles. The SMILES string of the molecule is O=C(Nc1cc(-c2nnc3n2CCCCC3)ccc1F)c1ccccc1OC(F)F. The Morgan fingerprint density at radius 3 is 2.77 bits per heavy atom. The van der Waals surface area contributed by atoms with Crippen molar-refractivity contribution in [1.29, 1.82) is 0 Å². The molecule has 6 nitrogen and oxygen atoms in total. The van der Waals surface area contributed by atoms with Crippen LogP contribution in [-0.4, -0.2) is 27.3 Å². The lowest BCUT2D eigenvalue weighted by Crippen LogP contribution is -2.16. The summed E-state index contributed by atoms with van der Waals surface area (Å²) in [5.74, 6) is -0.221. The van der Waals surface area contributed by atoms with E-state index in [1.54, 1.807) is 6.07 Å². The number of amides is 1. The molecule has 2 heterocycles. The van der Waals surface area contributed by atoms with Crippen LogP contribution < -0.4 is 10.1 Å². The molecule has 1 N–H and O–H groups in total. The molecule has 0 bridgehead atoms. The Hall–Kier alpha value is -3.36. The van der Waals surface area contributed by atoms with Crippen molar-refractivity contribution in [3.63, 3.8) is 0 Å². The van der Waals surface area contributed by atoms with E-state index >= 15 is 0 Å². The van der Waals surface area contributed by atoms with E-state index in [4.69, 9.17) is 0 Å². The lowest BCUT2D eigenvalue weighted by atomic mass is 10.1. The average Bonchev–Trinajstić information content (AvgIpc) is 2.97. The van der Waals surface area contributed by atoms with Crippen molar-refractivity contribution in [1.82, 2.24) is 14.8 Å². The quantitative estimate of drug-likeness (QED) is 0.657. The number of aromatic nitrogens is 3. The Morgan fingerprint density at radius 2 is 1.93 bits per heavy atom. The Bertz CT molecular complexity index is 1070. The Kier molecular flexibility index (Phi) is 5.69. The predicted molar refractivity (Wildman–Crippen MR) is 104 cm³/mol. The van der Waals surface area contributed by atoms with Gasteiger partial charge in [0.15, 0.2) is 5.82 Å². The Morgan fingerprint density at radius 1 is 1.10 bits per heavy atom. The molecule has 1 aliphatic heterocycles. The van der Waals surface area contributed by atoms with Gasteiger partial charge in [0.1, 0.15) is 17.4 Å². The molecule has 0 radical (unpaired) electrons. The fraction of sp³-hybridized carbons (Fsp3) is 0.286. The molecule has 0 spiro atoms. The molecule has 0 saturated heterocycles. The second-order valence-electron chi connectivity index (χ2n) is 6.93. The number of carbonyl (C=O) groups excluding carboxylic acids is 1. The highest BCUT2D eigenvalue weighted by atomic mass is 19.3. The normalized spacial score (nSPS) is 13.6. The third-order valence-corrected chi connectivity index (χ3v) is 4.93. The van der Waals surface area contributed by atoms with Crippen molar-refractivity contribution >= 4 is 11.6 Å². The largest absolute Gasteiger partial charge is 0.434 e. The van der Waals surface area contributed by atoms with Gasteiger partial charge in [-0.15, -0.1) is 10.2 Å². The molecule has 0 atom stereocenters. The molecule has 0 aliphatic carbocycles. The minimum absolute atomic E-state index is 0.0877. The van der Waals surface area contributed by atoms with Gasteiger partial charge in [0.2, 0.25) is 0 Å². The molecule has 0 fully saturated rings. The maximum absolute atomic E-state index is 14.4. The first-order chi connectivity index (χ1) is 14.5. The van der Waals surface area contributed by atoms with E-state index in [0.29, 0.717) is 11.4 Å². The summed E-state index contributed by atoms with van der Waals surface area (Å²) in [7, 11) is 0. The maximum atomic E-state index is 14.4. The fourth-order valence-corrected chi connectivity index (χ4v) is 3.50. The number of ether oxygens (including phenoxy) is 1. The molecule has 0 saturated carbocycles. The van der Waals surface area contributed by atoms with Gasteiger partial charge in [0, 0.05) is 18.5 Å². The number of nitrogens with one attached hydrogen (secondary N) is 1. The van der Waals surface area contributed by atoms with E-state index in [1.165, 1.54) is 36.4 Å². The number of para-hydroxylation sites is 1. The third-order valence-electron chi connectivity index (χ3n) is 4.93. The van der Waals surface area contributed by atoms with Crippen LogP contribution in [0.4, 0.5) is 18.9 Å². The van der Waals surface area contributed by atoms with Gasteiger partial charge in [-0.05, 0) is 43.2 Å². The molecule has 0 unspecified atom stereocenters. The van der Waals surface area contributed by atoms with Gasteiger partial charge in [0.05, 0.1) is 11.3 Å². The molecule has 4 rings (SSSR count). The van der Waals surface area contributed by atoms with Gasteiger partial charge in [-0.2, -0.15) is 8.78 Å². The number of fused-ring (bicyclic) bond motifs is 1. The second kappa shape index (κ2) is 8.56. The number of rotatable bonds is 5. The van der Waals surface area contributed by atoms with E-state index in [-0.39, 0.29) is 17.0 Å². The summed E-state index contributed by atoms with van der Waals surface area (Å²) in [5.41, 5.74) is 0.388. The van der Waals surface area contributed by atoms with Crippen LogP contribution in [0.25, 0.3) is 11.4 Å². The molecule has 1 amide bonds. The second-order valence-corrected chi connectivity index (χ2v) is 6.93. The van der Waals surface area contributed by atoms with E-state index in [0.717, 1.165) is 38.1 Å². The zero-order chi connectivity index (χ0) is 21.1. The summed E-state index contributed by atoms with van der Waals surface area (Å²) in [6.07, 6.45) is 3.99. The molecule has 2 aromatic carbocycles.